The minimum absolute atomic E-state index is 0.0619. The summed E-state index contributed by atoms with van der Waals surface area (Å²) in [6.45, 7) is 7.87. The lowest BCUT2D eigenvalue weighted by molar-refractivity contribution is -0.163. The highest BCUT2D eigenvalue weighted by Crippen LogP contribution is 2.12. The number of amides is 3. The monoisotopic (exact) mass is 470 g/mol. The van der Waals surface area contributed by atoms with E-state index in [0.717, 1.165) is 0 Å². The number of hydrogen-bond donors (Lipinski definition) is 4. The molecule has 3 amide bonds. The summed E-state index contributed by atoms with van der Waals surface area (Å²) in [5.74, 6) is -1.59. The minimum Gasteiger partial charge on any atom is -0.465 e. The van der Waals surface area contributed by atoms with Crippen molar-refractivity contribution in [3.8, 4) is 0 Å². The number of carbonyl (C=O) groups is 3. The Kier molecular flexibility index (Phi) is 12.3. The van der Waals surface area contributed by atoms with Crippen LogP contribution in [0.1, 0.15) is 33.3 Å². The number of carbonyl (C=O) groups excluding carboxylic acids is 2. The van der Waals surface area contributed by atoms with E-state index >= 15 is 0 Å². The van der Waals surface area contributed by atoms with Gasteiger partial charge in [-0.1, -0.05) is 12.1 Å². The predicted octanol–water partition coefficient (Wildman–Crippen LogP) is 1.08. The molecule has 186 valence electrons. The number of benzene rings is 1. The van der Waals surface area contributed by atoms with Crippen molar-refractivity contribution < 1.29 is 33.4 Å². The molecule has 0 aromatic heterocycles. The van der Waals surface area contributed by atoms with Crippen LogP contribution in [0.3, 0.4) is 0 Å². The van der Waals surface area contributed by atoms with Gasteiger partial charge in [0.2, 0.25) is 11.8 Å². The van der Waals surface area contributed by atoms with Crippen LogP contribution in [0.4, 0.5) is 9.18 Å². The van der Waals surface area contributed by atoms with Gasteiger partial charge in [0, 0.05) is 32.2 Å². The lowest BCUT2D eigenvalue weighted by atomic mass is 10.0. The maximum atomic E-state index is 13.5. The zero-order chi connectivity index (χ0) is 25.0. The quantitative estimate of drug-likeness (QED) is 0.298. The van der Waals surface area contributed by atoms with Gasteiger partial charge >= 0.3 is 6.09 Å². The molecule has 11 heteroatoms. The summed E-state index contributed by atoms with van der Waals surface area (Å²) in [7, 11) is 0. The molecule has 0 aliphatic rings. The van der Waals surface area contributed by atoms with E-state index in [4.69, 9.17) is 20.3 Å². The molecule has 0 spiro atoms. The molecule has 0 radical (unpaired) electrons. The average molecular weight is 471 g/mol. The first-order valence-electron chi connectivity index (χ1n) is 10.9. The SMILES string of the molecule is CCOC(CN(C(=O)C(Cc1ccc(F)cc1)NC(=O)C(CN)NC(=O)O)C(C)C)OCC. The van der Waals surface area contributed by atoms with Gasteiger partial charge in [0.05, 0.1) is 6.54 Å². The van der Waals surface area contributed by atoms with Crippen molar-refractivity contribution in [1.29, 1.82) is 0 Å². The third kappa shape index (κ3) is 9.72. The number of nitrogens with one attached hydrogen (secondary N) is 2. The second kappa shape index (κ2) is 14.4. The first-order valence-corrected chi connectivity index (χ1v) is 10.9. The van der Waals surface area contributed by atoms with Crippen LogP contribution in [0.5, 0.6) is 0 Å². The number of nitrogens with two attached hydrogens (primary N) is 1. The fourth-order valence-corrected chi connectivity index (χ4v) is 3.15. The van der Waals surface area contributed by atoms with Gasteiger partial charge in [-0.25, -0.2) is 9.18 Å². The first-order chi connectivity index (χ1) is 15.6. The molecule has 1 aromatic carbocycles. The number of ether oxygens (including phenoxy) is 2. The topological polar surface area (TPSA) is 143 Å². The van der Waals surface area contributed by atoms with Crippen molar-refractivity contribution in [2.75, 3.05) is 26.3 Å². The number of nitrogens with zero attached hydrogens (tertiary/aromatic N) is 1. The second-order valence-corrected chi connectivity index (χ2v) is 7.55. The van der Waals surface area contributed by atoms with E-state index in [0.29, 0.717) is 18.8 Å². The van der Waals surface area contributed by atoms with E-state index in [9.17, 15) is 18.8 Å². The van der Waals surface area contributed by atoms with Gasteiger partial charge in [0.15, 0.2) is 6.29 Å². The Morgan fingerprint density at radius 2 is 1.64 bits per heavy atom. The lowest BCUT2D eigenvalue weighted by Gasteiger charge is -2.34. The van der Waals surface area contributed by atoms with Crippen LogP contribution in [-0.2, 0) is 25.5 Å². The lowest BCUT2D eigenvalue weighted by Crippen LogP contribution is -2.58. The number of rotatable bonds is 14. The zero-order valence-electron chi connectivity index (χ0n) is 19.5. The van der Waals surface area contributed by atoms with Crippen LogP contribution in [0.2, 0.25) is 0 Å². The zero-order valence-corrected chi connectivity index (χ0v) is 19.5. The van der Waals surface area contributed by atoms with Crippen LogP contribution in [0.15, 0.2) is 24.3 Å². The Hall–Kier alpha value is -2.76. The van der Waals surface area contributed by atoms with E-state index in [-0.39, 0.29) is 25.6 Å². The van der Waals surface area contributed by atoms with Crippen LogP contribution >= 0.6 is 0 Å². The Morgan fingerprint density at radius 3 is 2.09 bits per heavy atom. The molecule has 0 heterocycles. The number of hydrogen-bond acceptors (Lipinski definition) is 6. The van der Waals surface area contributed by atoms with Crippen molar-refractivity contribution in [1.82, 2.24) is 15.5 Å². The number of halogens is 1. The molecular weight excluding hydrogens is 435 g/mol. The van der Waals surface area contributed by atoms with Crippen LogP contribution in [0.25, 0.3) is 0 Å². The molecule has 0 aliphatic heterocycles. The van der Waals surface area contributed by atoms with Gasteiger partial charge in [-0.15, -0.1) is 0 Å². The van der Waals surface area contributed by atoms with Crippen molar-refractivity contribution >= 4 is 17.9 Å². The third-order valence-electron chi connectivity index (χ3n) is 4.77. The van der Waals surface area contributed by atoms with E-state index in [1.807, 2.05) is 33.0 Å². The summed E-state index contributed by atoms with van der Waals surface area (Å²) < 4.78 is 24.5. The van der Waals surface area contributed by atoms with Gasteiger partial charge in [-0.3, -0.25) is 9.59 Å². The second-order valence-electron chi connectivity index (χ2n) is 7.55. The van der Waals surface area contributed by atoms with E-state index in [1.54, 1.807) is 0 Å². The van der Waals surface area contributed by atoms with Crippen molar-refractivity contribution in [3.63, 3.8) is 0 Å². The van der Waals surface area contributed by atoms with Gasteiger partial charge in [0.1, 0.15) is 17.9 Å². The van der Waals surface area contributed by atoms with Gasteiger partial charge < -0.3 is 35.8 Å². The Bertz CT molecular complexity index is 756. The molecule has 33 heavy (non-hydrogen) atoms. The molecular formula is C22H35FN4O6. The maximum Gasteiger partial charge on any atom is 0.405 e. The average Bonchev–Trinajstić information content (AvgIpc) is 2.76. The molecule has 0 saturated heterocycles. The molecule has 2 atom stereocenters. The fourth-order valence-electron chi connectivity index (χ4n) is 3.15. The fraction of sp³-hybridized carbons (Fsp3) is 0.591. The molecule has 1 aromatic rings. The van der Waals surface area contributed by atoms with Crippen LogP contribution < -0.4 is 16.4 Å². The van der Waals surface area contributed by atoms with Crippen LogP contribution in [0, 0.1) is 5.82 Å². The predicted molar refractivity (Wildman–Crippen MR) is 120 cm³/mol. The minimum atomic E-state index is -1.41. The maximum absolute atomic E-state index is 13.5. The summed E-state index contributed by atoms with van der Waals surface area (Å²) in [6, 6.07) is 3.00. The molecule has 5 N–H and O–H groups in total. The van der Waals surface area contributed by atoms with Gasteiger partial charge in [0.25, 0.3) is 0 Å². The molecule has 1 rings (SSSR count). The first kappa shape index (κ1) is 28.3. The molecule has 0 bridgehead atoms. The number of carboxylic acid groups (broad SMARTS) is 1. The highest BCUT2D eigenvalue weighted by Gasteiger charge is 2.32. The summed E-state index contributed by atoms with van der Waals surface area (Å²) in [6.07, 6.45) is -2.01. The smallest absolute Gasteiger partial charge is 0.405 e. The van der Waals surface area contributed by atoms with Gasteiger partial charge in [-0.2, -0.15) is 0 Å². The van der Waals surface area contributed by atoms with Crippen molar-refractivity contribution in [2.45, 2.75) is 58.5 Å². The highest BCUT2D eigenvalue weighted by atomic mass is 19.1. The summed E-state index contributed by atoms with van der Waals surface area (Å²) in [4.78, 5) is 38.7. The van der Waals surface area contributed by atoms with E-state index < -0.39 is 42.1 Å². The van der Waals surface area contributed by atoms with Crippen molar-refractivity contribution in [2.24, 2.45) is 5.73 Å². The van der Waals surface area contributed by atoms with Gasteiger partial charge in [-0.05, 0) is 45.4 Å². The molecule has 0 aliphatic carbocycles. The standard InChI is InChI=1S/C22H35FN4O6/c1-5-32-19(33-6-2)13-27(14(3)4)21(29)17(11-15-7-9-16(23)10-8-15)25-20(28)18(12-24)26-22(30)31/h7-10,14,17-19,26H,5-6,11-13,24H2,1-4H3,(H,25,28)(H,30,31). The molecule has 10 nitrogen and oxygen atoms in total. The van der Waals surface area contributed by atoms with Crippen molar-refractivity contribution in [3.05, 3.63) is 35.6 Å². The van der Waals surface area contributed by atoms with Crippen LogP contribution in [-0.4, -0.2) is 78.6 Å². The molecule has 0 saturated carbocycles. The Balaban J connectivity index is 3.18. The normalized spacial score (nSPS) is 13.0. The summed E-state index contributed by atoms with van der Waals surface area (Å²) in [5, 5.41) is 13.6. The molecule has 0 fully saturated rings. The third-order valence-corrected chi connectivity index (χ3v) is 4.77. The van der Waals surface area contributed by atoms with E-state index in [2.05, 4.69) is 5.32 Å². The Labute approximate surface area is 193 Å². The highest BCUT2D eigenvalue weighted by molar-refractivity contribution is 5.91. The van der Waals surface area contributed by atoms with E-state index in [1.165, 1.54) is 29.2 Å². The largest absolute Gasteiger partial charge is 0.465 e. The summed E-state index contributed by atoms with van der Waals surface area (Å²) in [5.41, 5.74) is 6.14. The summed E-state index contributed by atoms with van der Waals surface area (Å²) >= 11 is 0. The molecule has 2 unspecified atom stereocenters. The Morgan fingerprint density at radius 1 is 1.06 bits per heavy atom.